The molecule has 0 spiro atoms. The zero-order valence-corrected chi connectivity index (χ0v) is 19.2. The number of nitrogens with zero attached hydrogens (tertiary/aromatic N) is 3. The Kier molecular flexibility index (Phi) is 6.09. The lowest BCUT2D eigenvalue weighted by molar-refractivity contribution is -0.116. The van der Waals surface area contributed by atoms with E-state index in [4.69, 9.17) is 0 Å². The molecule has 1 fully saturated rings. The maximum Gasteiger partial charge on any atom is 0.243 e. The second kappa shape index (κ2) is 8.64. The van der Waals surface area contributed by atoms with Crippen LogP contribution in [0.4, 0.5) is 11.4 Å². The second-order valence-electron chi connectivity index (χ2n) is 7.64. The minimum Gasteiger partial charge on any atom is -0.369 e. The van der Waals surface area contributed by atoms with Crippen molar-refractivity contribution in [2.24, 2.45) is 0 Å². The summed E-state index contributed by atoms with van der Waals surface area (Å²) in [7, 11) is -3.65. The van der Waals surface area contributed by atoms with Crippen molar-refractivity contribution in [3.63, 3.8) is 0 Å². The van der Waals surface area contributed by atoms with Gasteiger partial charge in [0.2, 0.25) is 15.9 Å². The van der Waals surface area contributed by atoms with Gasteiger partial charge in [-0.15, -0.1) is 11.8 Å². The number of ketones is 1. The largest absolute Gasteiger partial charge is 0.369 e. The number of amides is 1. The Balaban J connectivity index is 1.50. The van der Waals surface area contributed by atoms with Gasteiger partial charge in [-0.3, -0.25) is 9.59 Å². The summed E-state index contributed by atoms with van der Waals surface area (Å²) >= 11 is 1.64. The normalized spacial score (nSPS) is 17.4. The summed E-state index contributed by atoms with van der Waals surface area (Å²) < 4.78 is 28.0. The first-order chi connectivity index (χ1) is 14.8. The van der Waals surface area contributed by atoms with Gasteiger partial charge in [-0.2, -0.15) is 4.31 Å². The molecule has 164 valence electrons. The molecule has 1 amide bonds. The fourth-order valence-corrected chi connectivity index (χ4v) is 6.35. The van der Waals surface area contributed by atoms with Crippen molar-refractivity contribution >= 4 is 44.9 Å². The van der Waals surface area contributed by atoms with Crippen LogP contribution in [0.5, 0.6) is 0 Å². The van der Waals surface area contributed by atoms with Gasteiger partial charge in [0.05, 0.1) is 10.6 Å². The maximum absolute atomic E-state index is 13.3. The number of carbonyl (C=O) groups excluding carboxylic acids is 2. The molecule has 0 bridgehead atoms. The standard InChI is InChI=1S/C22H25N3O4S2/c1-16(26)18-3-5-19(6-4-18)23-9-11-24(12-10-23)31(28,29)20-7-8-22-21(15-20)25(17(2)27)13-14-30-22/h3-8,15H,9-14H2,1-2H3. The van der Waals surface area contributed by atoms with Crippen LogP contribution in [-0.4, -0.2) is 62.9 Å². The molecule has 2 aromatic carbocycles. The van der Waals surface area contributed by atoms with Gasteiger partial charge < -0.3 is 9.80 Å². The highest BCUT2D eigenvalue weighted by molar-refractivity contribution is 7.99. The average Bonchev–Trinajstić information content (AvgIpc) is 2.78. The lowest BCUT2D eigenvalue weighted by atomic mass is 10.1. The first-order valence-corrected chi connectivity index (χ1v) is 12.6. The van der Waals surface area contributed by atoms with Gasteiger partial charge in [-0.05, 0) is 49.4 Å². The third-order valence-electron chi connectivity index (χ3n) is 5.69. The number of benzene rings is 2. The van der Waals surface area contributed by atoms with Crippen LogP contribution in [0.25, 0.3) is 0 Å². The van der Waals surface area contributed by atoms with Gasteiger partial charge in [-0.1, -0.05) is 0 Å². The molecule has 2 heterocycles. The Hall–Kier alpha value is -2.36. The maximum atomic E-state index is 13.3. The van der Waals surface area contributed by atoms with E-state index in [1.807, 2.05) is 12.1 Å². The highest BCUT2D eigenvalue weighted by Crippen LogP contribution is 2.37. The van der Waals surface area contributed by atoms with E-state index in [2.05, 4.69) is 4.90 Å². The van der Waals surface area contributed by atoms with Crippen LogP contribution in [0.3, 0.4) is 0 Å². The van der Waals surface area contributed by atoms with Crippen LogP contribution < -0.4 is 9.80 Å². The molecule has 2 aliphatic heterocycles. The SMILES string of the molecule is CC(=O)c1ccc(N2CCN(S(=O)(=O)c3ccc4c(c3)N(C(C)=O)CCS4)CC2)cc1. The summed E-state index contributed by atoms with van der Waals surface area (Å²) in [5.41, 5.74) is 2.31. The van der Waals surface area contributed by atoms with Gasteiger partial charge in [0.15, 0.2) is 5.78 Å². The highest BCUT2D eigenvalue weighted by Gasteiger charge is 2.30. The molecule has 2 aromatic rings. The van der Waals surface area contributed by atoms with E-state index in [0.29, 0.717) is 44.0 Å². The van der Waals surface area contributed by atoms with Gasteiger partial charge in [0.1, 0.15) is 0 Å². The predicted octanol–water partition coefficient (Wildman–Crippen LogP) is 2.86. The number of hydrogen-bond acceptors (Lipinski definition) is 6. The monoisotopic (exact) mass is 459 g/mol. The summed E-state index contributed by atoms with van der Waals surface area (Å²) in [6.45, 7) is 5.50. The molecular formula is C22H25N3O4S2. The van der Waals surface area contributed by atoms with E-state index < -0.39 is 10.0 Å². The molecule has 0 aromatic heterocycles. The van der Waals surface area contributed by atoms with Crippen molar-refractivity contribution in [3.05, 3.63) is 48.0 Å². The molecule has 31 heavy (non-hydrogen) atoms. The molecule has 7 nitrogen and oxygen atoms in total. The first kappa shape index (κ1) is 21.9. The molecule has 0 radical (unpaired) electrons. The molecule has 1 saturated heterocycles. The molecule has 0 unspecified atom stereocenters. The van der Waals surface area contributed by atoms with Gasteiger partial charge in [0, 0.05) is 61.5 Å². The fraction of sp³-hybridized carbons (Fsp3) is 0.364. The molecule has 2 aliphatic rings. The van der Waals surface area contributed by atoms with E-state index in [9.17, 15) is 18.0 Å². The van der Waals surface area contributed by atoms with Crippen molar-refractivity contribution in [2.45, 2.75) is 23.6 Å². The first-order valence-electron chi connectivity index (χ1n) is 10.2. The van der Waals surface area contributed by atoms with Crippen molar-refractivity contribution < 1.29 is 18.0 Å². The van der Waals surface area contributed by atoms with Crippen LogP contribution in [0.1, 0.15) is 24.2 Å². The van der Waals surface area contributed by atoms with Crippen LogP contribution in [0.2, 0.25) is 0 Å². The summed E-state index contributed by atoms with van der Waals surface area (Å²) in [4.78, 5) is 28.4. The predicted molar refractivity (Wildman–Crippen MR) is 123 cm³/mol. The molecule has 9 heteroatoms. The summed E-state index contributed by atoms with van der Waals surface area (Å²) in [5.74, 6) is 0.739. The Morgan fingerprint density at radius 1 is 0.903 bits per heavy atom. The second-order valence-corrected chi connectivity index (χ2v) is 10.7. The Bertz CT molecular complexity index is 1110. The van der Waals surface area contributed by atoms with E-state index in [1.54, 1.807) is 47.0 Å². The number of hydrogen-bond donors (Lipinski definition) is 0. The van der Waals surface area contributed by atoms with Crippen molar-refractivity contribution in [2.75, 3.05) is 48.3 Å². The minimum atomic E-state index is -3.65. The number of thioether (sulfide) groups is 1. The molecular weight excluding hydrogens is 434 g/mol. The smallest absolute Gasteiger partial charge is 0.243 e. The average molecular weight is 460 g/mol. The number of Topliss-reactive ketones (excluding diaryl/α,β-unsaturated/α-hetero) is 1. The van der Waals surface area contributed by atoms with E-state index in [0.717, 1.165) is 16.3 Å². The van der Waals surface area contributed by atoms with E-state index in [-0.39, 0.29) is 16.6 Å². The molecule has 0 atom stereocenters. The van der Waals surface area contributed by atoms with E-state index >= 15 is 0 Å². The molecule has 0 saturated carbocycles. The highest BCUT2D eigenvalue weighted by atomic mass is 32.2. The van der Waals surface area contributed by atoms with Gasteiger partial charge in [0.25, 0.3) is 0 Å². The summed E-state index contributed by atoms with van der Waals surface area (Å²) in [6, 6.07) is 12.5. The number of carbonyl (C=O) groups is 2. The molecule has 0 N–H and O–H groups in total. The summed E-state index contributed by atoms with van der Waals surface area (Å²) in [5, 5.41) is 0. The third kappa shape index (κ3) is 4.35. The minimum absolute atomic E-state index is 0.0225. The molecule has 0 aliphatic carbocycles. The zero-order valence-electron chi connectivity index (χ0n) is 17.6. The Morgan fingerprint density at radius 2 is 1.58 bits per heavy atom. The fourth-order valence-electron chi connectivity index (χ4n) is 3.93. The summed E-state index contributed by atoms with van der Waals surface area (Å²) in [6.07, 6.45) is 0. The van der Waals surface area contributed by atoms with Crippen LogP contribution >= 0.6 is 11.8 Å². The number of fused-ring (bicyclic) bond motifs is 1. The van der Waals surface area contributed by atoms with Crippen molar-refractivity contribution in [1.82, 2.24) is 4.31 Å². The molecule has 4 rings (SSSR count). The van der Waals surface area contributed by atoms with Crippen molar-refractivity contribution in [1.29, 1.82) is 0 Å². The Morgan fingerprint density at radius 3 is 2.19 bits per heavy atom. The lowest BCUT2D eigenvalue weighted by Crippen LogP contribution is -2.48. The number of sulfonamides is 1. The topological polar surface area (TPSA) is 78.0 Å². The van der Waals surface area contributed by atoms with E-state index in [1.165, 1.54) is 18.2 Å². The quantitative estimate of drug-likeness (QED) is 0.655. The van der Waals surface area contributed by atoms with Crippen LogP contribution in [-0.2, 0) is 14.8 Å². The van der Waals surface area contributed by atoms with Crippen molar-refractivity contribution in [3.8, 4) is 0 Å². The number of piperazine rings is 1. The van der Waals surface area contributed by atoms with Crippen LogP contribution in [0, 0.1) is 0 Å². The Labute approximate surface area is 187 Å². The number of anilines is 2. The van der Waals surface area contributed by atoms with Gasteiger partial charge in [-0.25, -0.2) is 8.42 Å². The van der Waals surface area contributed by atoms with Gasteiger partial charge >= 0.3 is 0 Å². The van der Waals surface area contributed by atoms with Crippen LogP contribution in [0.15, 0.2) is 52.3 Å². The number of rotatable bonds is 4. The lowest BCUT2D eigenvalue weighted by Gasteiger charge is -2.35. The zero-order chi connectivity index (χ0) is 22.2. The third-order valence-corrected chi connectivity index (χ3v) is 8.63.